The summed E-state index contributed by atoms with van der Waals surface area (Å²) in [7, 11) is 1.56. The van der Waals surface area contributed by atoms with Crippen molar-refractivity contribution in [3.05, 3.63) is 24.3 Å². The molecule has 1 aromatic carbocycles. The highest BCUT2D eigenvalue weighted by Crippen LogP contribution is 2.42. The summed E-state index contributed by atoms with van der Waals surface area (Å²) in [6.07, 6.45) is 1.85. The number of nitrogens with zero attached hydrogens (tertiary/aromatic N) is 1. The maximum absolute atomic E-state index is 12.4. The van der Waals surface area contributed by atoms with E-state index in [4.69, 9.17) is 4.74 Å². The number of anilines is 1. The van der Waals surface area contributed by atoms with Gasteiger partial charge >= 0.3 is 6.03 Å². The van der Waals surface area contributed by atoms with E-state index in [1.807, 2.05) is 0 Å². The molecule has 4 amide bonds. The molecule has 7 heteroatoms. The molecule has 7 nitrogen and oxygen atoms in total. The predicted octanol–water partition coefficient (Wildman–Crippen LogP) is 1.35. The zero-order chi connectivity index (χ0) is 16.6. The van der Waals surface area contributed by atoms with Crippen LogP contribution in [0.25, 0.3) is 0 Å². The third kappa shape index (κ3) is 2.86. The first-order valence-corrected chi connectivity index (χ1v) is 7.52. The summed E-state index contributed by atoms with van der Waals surface area (Å²) >= 11 is 0. The number of urea groups is 1. The number of carbonyl (C=O) groups excluding carboxylic acids is 3. The Labute approximate surface area is 134 Å². The molecular formula is C16H19N3O4. The number of imide groups is 1. The molecule has 0 spiro atoms. The van der Waals surface area contributed by atoms with Gasteiger partial charge in [-0.2, -0.15) is 0 Å². The second kappa shape index (κ2) is 5.57. The van der Waals surface area contributed by atoms with E-state index >= 15 is 0 Å². The van der Waals surface area contributed by atoms with Crippen molar-refractivity contribution in [2.45, 2.75) is 25.3 Å². The summed E-state index contributed by atoms with van der Waals surface area (Å²) in [5.41, 5.74) is -0.287. The number of hydrogen-bond donors (Lipinski definition) is 2. The Morgan fingerprint density at radius 3 is 2.57 bits per heavy atom. The van der Waals surface area contributed by atoms with E-state index in [0.29, 0.717) is 11.4 Å². The maximum atomic E-state index is 12.4. The lowest BCUT2D eigenvalue weighted by Crippen LogP contribution is -2.46. The van der Waals surface area contributed by atoms with Crippen molar-refractivity contribution < 1.29 is 19.1 Å². The Morgan fingerprint density at radius 1 is 1.35 bits per heavy atom. The molecule has 23 heavy (non-hydrogen) atoms. The van der Waals surface area contributed by atoms with Gasteiger partial charge < -0.3 is 15.4 Å². The Balaban J connectivity index is 1.63. The highest BCUT2D eigenvalue weighted by molar-refractivity contribution is 6.10. The highest BCUT2D eigenvalue weighted by atomic mass is 16.5. The molecule has 0 unspecified atom stereocenters. The van der Waals surface area contributed by atoms with Crippen LogP contribution < -0.4 is 15.4 Å². The van der Waals surface area contributed by atoms with Gasteiger partial charge in [0.05, 0.1) is 7.11 Å². The number of carbonyl (C=O) groups is 3. The van der Waals surface area contributed by atoms with Crippen molar-refractivity contribution in [1.82, 2.24) is 10.2 Å². The predicted molar refractivity (Wildman–Crippen MR) is 83.0 cm³/mol. The second-order valence-electron chi connectivity index (χ2n) is 6.07. The molecule has 1 atom stereocenters. The van der Waals surface area contributed by atoms with Crippen molar-refractivity contribution in [1.29, 1.82) is 0 Å². The average Bonchev–Trinajstić information content (AvgIpc) is 3.34. The third-order valence-electron chi connectivity index (χ3n) is 4.37. The van der Waals surface area contributed by atoms with Crippen molar-refractivity contribution in [3.63, 3.8) is 0 Å². The lowest BCUT2D eigenvalue weighted by atomic mass is 9.96. The Bertz CT molecular complexity index is 654. The first-order chi connectivity index (χ1) is 10.9. The average molecular weight is 317 g/mol. The van der Waals surface area contributed by atoms with Crippen LogP contribution in [0, 0.1) is 5.92 Å². The van der Waals surface area contributed by atoms with Gasteiger partial charge in [-0.1, -0.05) is 0 Å². The van der Waals surface area contributed by atoms with Crippen molar-refractivity contribution in [2.24, 2.45) is 5.92 Å². The summed E-state index contributed by atoms with van der Waals surface area (Å²) < 4.78 is 5.04. The SMILES string of the molecule is COc1ccc(NC(=O)CN2C(=O)N[C@](C)(C3CC3)C2=O)cc1. The highest BCUT2D eigenvalue weighted by Gasteiger charge is 2.56. The second-order valence-corrected chi connectivity index (χ2v) is 6.07. The molecule has 3 rings (SSSR count). The summed E-state index contributed by atoms with van der Waals surface area (Å²) in [5, 5.41) is 5.38. The van der Waals surface area contributed by atoms with E-state index in [0.717, 1.165) is 17.7 Å². The van der Waals surface area contributed by atoms with Gasteiger partial charge in [0.1, 0.15) is 17.8 Å². The molecular weight excluding hydrogens is 298 g/mol. The Kier molecular flexibility index (Phi) is 3.71. The van der Waals surface area contributed by atoms with Crippen LogP contribution in [0.4, 0.5) is 10.5 Å². The summed E-state index contributed by atoms with van der Waals surface area (Å²) in [5.74, 6) is 0.111. The smallest absolute Gasteiger partial charge is 0.325 e. The van der Waals surface area contributed by atoms with Gasteiger partial charge in [0.15, 0.2) is 0 Å². The Morgan fingerprint density at radius 2 is 2.00 bits per heavy atom. The molecule has 1 aliphatic carbocycles. The maximum Gasteiger partial charge on any atom is 0.325 e. The molecule has 2 fully saturated rings. The molecule has 1 aromatic rings. The standard InChI is InChI=1S/C16H19N3O4/c1-16(10-3-4-10)14(21)19(15(22)18-16)9-13(20)17-11-5-7-12(23-2)8-6-11/h5-8,10H,3-4,9H2,1-2H3,(H,17,20)(H,18,22)/t16-/m1/s1. The van der Waals surface area contributed by atoms with Crippen LogP contribution in [0.5, 0.6) is 5.75 Å². The minimum Gasteiger partial charge on any atom is -0.497 e. The van der Waals surface area contributed by atoms with E-state index in [1.54, 1.807) is 38.3 Å². The lowest BCUT2D eigenvalue weighted by Gasteiger charge is -2.20. The van der Waals surface area contributed by atoms with Crippen LogP contribution in [0.15, 0.2) is 24.3 Å². The number of ether oxygens (including phenoxy) is 1. The van der Waals surface area contributed by atoms with E-state index < -0.39 is 17.5 Å². The fourth-order valence-corrected chi connectivity index (χ4v) is 2.82. The molecule has 2 N–H and O–H groups in total. The van der Waals surface area contributed by atoms with Crippen LogP contribution in [-0.4, -0.2) is 41.9 Å². The molecule has 1 aliphatic heterocycles. The van der Waals surface area contributed by atoms with Gasteiger partial charge in [-0.15, -0.1) is 0 Å². The van der Waals surface area contributed by atoms with Crippen molar-refractivity contribution in [2.75, 3.05) is 19.0 Å². The molecule has 122 valence electrons. The van der Waals surface area contributed by atoms with Gasteiger partial charge in [0.2, 0.25) is 5.91 Å². The zero-order valence-electron chi connectivity index (χ0n) is 13.1. The van der Waals surface area contributed by atoms with Gasteiger partial charge in [0, 0.05) is 5.69 Å². The Hall–Kier alpha value is -2.57. The summed E-state index contributed by atoms with van der Waals surface area (Å²) in [6.45, 7) is 1.44. The largest absolute Gasteiger partial charge is 0.497 e. The lowest BCUT2D eigenvalue weighted by molar-refractivity contribution is -0.134. The zero-order valence-corrected chi connectivity index (χ0v) is 13.1. The van der Waals surface area contributed by atoms with E-state index in [2.05, 4.69) is 10.6 Å². The summed E-state index contributed by atoms with van der Waals surface area (Å²) in [6, 6.07) is 6.31. The van der Waals surface area contributed by atoms with Gasteiger partial charge in [0.25, 0.3) is 5.91 Å². The quantitative estimate of drug-likeness (QED) is 0.803. The van der Waals surface area contributed by atoms with Gasteiger partial charge in [-0.3, -0.25) is 14.5 Å². The molecule has 0 bridgehead atoms. The number of nitrogens with one attached hydrogen (secondary N) is 2. The normalized spacial score (nSPS) is 23.7. The monoisotopic (exact) mass is 317 g/mol. The molecule has 0 radical (unpaired) electrons. The van der Waals surface area contributed by atoms with E-state index in [1.165, 1.54) is 0 Å². The number of rotatable bonds is 5. The molecule has 0 aromatic heterocycles. The summed E-state index contributed by atoms with van der Waals surface area (Å²) in [4.78, 5) is 37.5. The molecule has 1 saturated carbocycles. The fourth-order valence-electron chi connectivity index (χ4n) is 2.82. The minimum absolute atomic E-state index is 0.175. The van der Waals surface area contributed by atoms with Gasteiger partial charge in [-0.05, 0) is 49.9 Å². The van der Waals surface area contributed by atoms with E-state index in [9.17, 15) is 14.4 Å². The molecule has 1 saturated heterocycles. The topological polar surface area (TPSA) is 87.7 Å². The first kappa shape index (κ1) is 15.3. The van der Waals surface area contributed by atoms with Crippen molar-refractivity contribution in [3.8, 4) is 5.75 Å². The minimum atomic E-state index is -0.864. The van der Waals surface area contributed by atoms with Crippen LogP contribution >= 0.6 is 0 Å². The van der Waals surface area contributed by atoms with Crippen molar-refractivity contribution >= 4 is 23.5 Å². The number of benzene rings is 1. The van der Waals surface area contributed by atoms with Crippen LogP contribution in [0.3, 0.4) is 0 Å². The molecule has 1 heterocycles. The van der Waals surface area contributed by atoms with Crippen LogP contribution in [0.1, 0.15) is 19.8 Å². The fraction of sp³-hybridized carbons (Fsp3) is 0.438. The van der Waals surface area contributed by atoms with Gasteiger partial charge in [-0.25, -0.2) is 4.79 Å². The number of amides is 4. The van der Waals surface area contributed by atoms with Crippen LogP contribution in [-0.2, 0) is 9.59 Å². The number of hydrogen-bond acceptors (Lipinski definition) is 4. The molecule has 2 aliphatic rings. The third-order valence-corrected chi connectivity index (χ3v) is 4.37. The van der Waals surface area contributed by atoms with Crippen LogP contribution in [0.2, 0.25) is 0 Å². The first-order valence-electron chi connectivity index (χ1n) is 7.52. The number of methoxy groups -OCH3 is 1. The van der Waals surface area contributed by atoms with E-state index in [-0.39, 0.29) is 18.4 Å².